The molecule has 0 spiro atoms. The first kappa shape index (κ1) is 18.7. The molecule has 0 aromatic heterocycles. The molecule has 1 amide bonds. The van der Waals surface area contributed by atoms with E-state index in [0.717, 1.165) is 37.8 Å². The van der Waals surface area contributed by atoms with Crippen molar-refractivity contribution < 1.29 is 9.53 Å². The van der Waals surface area contributed by atoms with Crippen LogP contribution in [-0.2, 0) is 9.53 Å². The molecule has 1 aromatic carbocycles. The van der Waals surface area contributed by atoms with Gasteiger partial charge in [-0.25, -0.2) is 0 Å². The molecule has 1 aliphatic carbocycles. The van der Waals surface area contributed by atoms with E-state index in [1.54, 1.807) is 7.05 Å². The summed E-state index contributed by atoms with van der Waals surface area (Å²) in [6.45, 7) is 5.26. The molecule has 3 rings (SSSR count). The van der Waals surface area contributed by atoms with E-state index in [2.05, 4.69) is 27.0 Å². The van der Waals surface area contributed by atoms with Crippen LogP contribution in [0.1, 0.15) is 44.1 Å². The Morgan fingerprint density at radius 3 is 2.88 bits per heavy atom. The first-order chi connectivity index (χ1) is 12.7. The number of hydrogen-bond donors (Lipinski definition) is 3. The molecule has 1 unspecified atom stereocenters. The normalized spacial score (nSPS) is 20.9. The van der Waals surface area contributed by atoms with Crippen LogP contribution in [0.5, 0.6) is 0 Å². The average molecular weight is 358 g/mol. The number of nitrogens with one attached hydrogen (secondary N) is 3. The topological polar surface area (TPSA) is 74.8 Å². The molecule has 6 nitrogen and oxygen atoms in total. The van der Waals surface area contributed by atoms with Gasteiger partial charge in [0.1, 0.15) is 0 Å². The Morgan fingerprint density at radius 2 is 2.15 bits per heavy atom. The molecule has 0 bridgehead atoms. The quantitative estimate of drug-likeness (QED) is 0.379. The zero-order valence-corrected chi connectivity index (χ0v) is 15.8. The summed E-state index contributed by atoms with van der Waals surface area (Å²) in [4.78, 5) is 16.3. The van der Waals surface area contributed by atoms with Gasteiger partial charge in [0.2, 0.25) is 5.91 Å². The molecular formula is C20H30N4O2. The van der Waals surface area contributed by atoms with E-state index in [0.29, 0.717) is 18.4 Å². The Hall–Kier alpha value is -2.08. The number of aliphatic imine (C=N–C) groups is 1. The van der Waals surface area contributed by atoms with Gasteiger partial charge in [-0.05, 0) is 43.2 Å². The second kappa shape index (κ2) is 8.54. The highest BCUT2D eigenvalue weighted by Crippen LogP contribution is 2.48. The first-order valence-corrected chi connectivity index (χ1v) is 9.57. The van der Waals surface area contributed by atoms with Gasteiger partial charge in [0.15, 0.2) is 5.96 Å². The number of ether oxygens (including phenoxy) is 1. The van der Waals surface area contributed by atoms with Crippen LogP contribution in [0.15, 0.2) is 29.3 Å². The number of para-hydroxylation sites is 1. The van der Waals surface area contributed by atoms with Crippen molar-refractivity contribution in [3.8, 4) is 0 Å². The second-order valence-corrected chi connectivity index (χ2v) is 7.29. The minimum Gasteiger partial charge on any atom is -0.382 e. The van der Waals surface area contributed by atoms with Gasteiger partial charge in [0, 0.05) is 51.4 Å². The fourth-order valence-corrected chi connectivity index (χ4v) is 3.52. The molecule has 1 saturated carbocycles. The van der Waals surface area contributed by atoms with Crippen molar-refractivity contribution in [3.05, 3.63) is 29.8 Å². The summed E-state index contributed by atoms with van der Waals surface area (Å²) in [5.41, 5.74) is 2.47. The number of amides is 1. The molecule has 0 radical (unpaired) electrons. The van der Waals surface area contributed by atoms with Crippen LogP contribution in [-0.4, -0.2) is 45.2 Å². The molecule has 1 aliphatic heterocycles. The van der Waals surface area contributed by atoms with Crippen molar-refractivity contribution in [2.75, 3.05) is 38.7 Å². The van der Waals surface area contributed by atoms with Gasteiger partial charge in [-0.3, -0.25) is 9.79 Å². The molecule has 142 valence electrons. The molecule has 0 saturated heterocycles. The Bertz CT molecular complexity index is 655. The van der Waals surface area contributed by atoms with E-state index in [9.17, 15) is 4.79 Å². The van der Waals surface area contributed by atoms with Gasteiger partial charge in [-0.2, -0.15) is 0 Å². The van der Waals surface area contributed by atoms with Gasteiger partial charge in [-0.1, -0.05) is 18.2 Å². The highest BCUT2D eigenvalue weighted by atomic mass is 16.5. The van der Waals surface area contributed by atoms with E-state index >= 15 is 0 Å². The van der Waals surface area contributed by atoms with Crippen LogP contribution in [0.4, 0.5) is 5.69 Å². The van der Waals surface area contributed by atoms with Crippen molar-refractivity contribution in [1.29, 1.82) is 0 Å². The van der Waals surface area contributed by atoms with E-state index in [-0.39, 0.29) is 11.8 Å². The fraction of sp³-hybridized carbons (Fsp3) is 0.600. The Morgan fingerprint density at radius 1 is 1.35 bits per heavy atom. The largest absolute Gasteiger partial charge is 0.382 e. The van der Waals surface area contributed by atoms with E-state index in [4.69, 9.17) is 4.74 Å². The minimum absolute atomic E-state index is 0.0753. The van der Waals surface area contributed by atoms with Crippen LogP contribution in [0, 0.1) is 5.41 Å². The number of carbonyl (C=O) groups excluding carboxylic acids is 1. The molecule has 1 atom stereocenters. The summed E-state index contributed by atoms with van der Waals surface area (Å²) in [6, 6.07) is 8.02. The predicted molar refractivity (Wildman–Crippen MR) is 105 cm³/mol. The van der Waals surface area contributed by atoms with Crippen molar-refractivity contribution in [2.45, 2.75) is 38.5 Å². The maximum Gasteiger partial charge on any atom is 0.225 e. The number of rotatable bonds is 8. The Kier molecular flexibility index (Phi) is 6.14. The van der Waals surface area contributed by atoms with Crippen LogP contribution in [0.2, 0.25) is 0 Å². The molecule has 26 heavy (non-hydrogen) atoms. The predicted octanol–water partition coefficient (Wildman–Crippen LogP) is 2.48. The number of carbonyl (C=O) groups is 1. The number of hydrogen-bond acceptors (Lipinski definition) is 3. The second-order valence-electron chi connectivity index (χ2n) is 7.29. The lowest BCUT2D eigenvalue weighted by Gasteiger charge is -2.26. The monoisotopic (exact) mass is 358 g/mol. The molecule has 1 aromatic rings. The van der Waals surface area contributed by atoms with Crippen molar-refractivity contribution in [3.63, 3.8) is 0 Å². The number of fused-ring (bicyclic) bond motifs is 1. The Labute approximate surface area is 155 Å². The molecule has 6 heteroatoms. The van der Waals surface area contributed by atoms with Crippen molar-refractivity contribution in [2.24, 2.45) is 10.4 Å². The van der Waals surface area contributed by atoms with E-state index in [1.807, 2.05) is 25.1 Å². The number of anilines is 1. The summed E-state index contributed by atoms with van der Waals surface area (Å²) in [5, 5.41) is 9.80. The first-order valence-electron chi connectivity index (χ1n) is 9.57. The summed E-state index contributed by atoms with van der Waals surface area (Å²) in [5.74, 6) is 1.04. The minimum atomic E-state index is 0.0753. The molecule has 1 heterocycles. The maximum absolute atomic E-state index is 11.9. The smallest absolute Gasteiger partial charge is 0.225 e. The van der Waals surface area contributed by atoms with Crippen LogP contribution in [0.3, 0.4) is 0 Å². The maximum atomic E-state index is 11.9. The van der Waals surface area contributed by atoms with Gasteiger partial charge in [0.25, 0.3) is 0 Å². The number of nitrogens with zero attached hydrogens (tertiary/aromatic N) is 1. The lowest BCUT2D eigenvalue weighted by atomic mass is 9.90. The lowest BCUT2D eigenvalue weighted by molar-refractivity contribution is -0.116. The van der Waals surface area contributed by atoms with E-state index < -0.39 is 0 Å². The van der Waals surface area contributed by atoms with Gasteiger partial charge in [-0.15, -0.1) is 0 Å². The van der Waals surface area contributed by atoms with Gasteiger partial charge >= 0.3 is 0 Å². The third-order valence-electron chi connectivity index (χ3n) is 5.41. The standard InChI is InChI=1S/C20H30N4O2/c1-3-26-11-10-20(8-9-20)14-23-19(21-2)22-13-15-12-18(25)24-17-7-5-4-6-16(15)17/h4-7,15H,3,8-14H2,1-2H3,(H,24,25)(H2,21,22,23). The summed E-state index contributed by atoms with van der Waals surface area (Å²) >= 11 is 0. The average Bonchev–Trinajstić information content (AvgIpc) is 3.42. The zero-order valence-electron chi connectivity index (χ0n) is 15.8. The van der Waals surface area contributed by atoms with Gasteiger partial charge in [0.05, 0.1) is 0 Å². The number of guanidine groups is 1. The van der Waals surface area contributed by atoms with Crippen LogP contribution in [0.25, 0.3) is 0 Å². The molecule has 3 N–H and O–H groups in total. The third kappa shape index (κ3) is 4.75. The van der Waals surface area contributed by atoms with Crippen LogP contribution >= 0.6 is 0 Å². The van der Waals surface area contributed by atoms with Gasteiger partial charge < -0.3 is 20.7 Å². The fourth-order valence-electron chi connectivity index (χ4n) is 3.52. The van der Waals surface area contributed by atoms with Crippen molar-refractivity contribution >= 4 is 17.6 Å². The SMILES string of the molecule is CCOCCC1(CNC(=NC)NCC2CC(=O)Nc3ccccc32)CC1. The highest BCUT2D eigenvalue weighted by Gasteiger charge is 2.42. The molecular weight excluding hydrogens is 328 g/mol. The summed E-state index contributed by atoms with van der Waals surface area (Å²) < 4.78 is 5.50. The van der Waals surface area contributed by atoms with E-state index in [1.165, 1.54) is 18.4 Å². The van der Waals surface area contributed by atoms with Crippen molar-refractivity contribution in [1.82, 2.24) is 10.6 Å². The number of benzene rings is 1. The van der Waals surface area contributed by atoms with Crippen LogP contribution < -0.4 is 16.0 Å². The highest BCUT2D eigenvalue weighted by molar-refractivity contribution is 5.94. The third-order valence-corrected chi connectivity index (χ3v) is 5.41. The molecule has 1 fully saturated rings. The zero-order chi connectivity index (χ0) is 18.4. The summed E-state index contributed by atoms with van der Waals surface area (Å²) in [7, 11) is 1.79. The molecule has 2 aliphatic rings. The lowest BCUT2D eigenvalue weighted by Crippen LogP contribution is -2.43. The Balaban J connectivity index is 1.50. The summed E-state index contributed by atoms with van der Waals surface area (Å²) in [6.07, 6.45) is 4.10.